The summed E-state index contributed by atoms with van der Waals surface area (Å²) < 4.78 is 1.65. The molecule has 1 atom stereocenters. The normalized spacial score (nSPS) is 12.1. The third-order valence-corrected chi connectivity index (χ3v) is 5.70. The summed E-state index contributed by atoms with van der Waals surface area (Å²) in [5, 5.41) is 4.05. The molecule has 2 aromatic carbocycles. The van der Waals surface area contributed by atoms with Crippen LogP contribution in [0, 0.1) is 13.8 Å². The molecular weight excluding hydrogens is 370 g/mol. The zero-order valence-electron chi connectivity index (χ0n) is 16.7. The summed E-state index contributed by atoms with van der Waals surface area (Å²) in [5.41, 5.74) is 3.33. The number of aromatic nitrogens is 2. The average Bonchev–Trinajstić information content (AvgIpc) is 2.68. The number of carbonyl (C=O) groups excluding carboxylic acids is 1. The molecule has 28 heavy (non-hydrogen) atoms. The van der Waals surface area contributed by atoms with Crippen LogP contribution in [-0.2, 0) is 4.79 Å². The van der Waals surface area contributed by atoms with E-state index in [-0.39, 0.29) is 23.3 Å². The highest BCUT2D eigenvalue weighted by molar-refractivity contribution is 7.99. The number of hydrogen-bond donors (Lipinski definition) is 1. The van der Waals surface area contributed by atoms with Crippen molar-refractivity contribution in [3.63, 3.8) is 0 Å². The summed E-state index contributed by atoms with van der Waals surface area (Å²) in [6, 6.07) is 13.4. The minimum Gasteiger partial charge on any atom is -0.353 e. The Morgan fingerprint density at radius 3 is 2.50 bits per heavy atom. The van der Waals surface area contributed by atoms with E-state index in [0.717, 1.165) is 23.2 Å². The van der Waals surface area contributed by atoms with Crippen molar-refractivity contribution in [2.75, 3.05) is 5.75 Å². The largest absolute Gasteiger partial charge is 0.353 e. The number of thioether (sulfide) groups is 1. The summed E-state index contributed by atoms with van der Waals surface area (Å²) in [6.45, 7) is 7.97. The van der Waals surface area contributed by atoms with Gasteiger partial charge in [-0.3, -0.25) is 14.2 Å². The molecule has 0 fully saturated rings. The maximum atomic E-state index is 13.3. The van der Waals surface area contributed by atoms with Crippen LogP contribution in [0.1, 0.15) is 31.4 Å². The molecule has 1 N–H and O–H groups in total. The Balaban J connectivity index is 2.10. The molecule has 1 amide bonds. The maximum absolute atomic E-state index is 13.3. The molecule has 0 saturated carbocycles. The van der Waals surface area contributed by atoms with Crippen LogP contribution >= 0.6 is 11.8 Å². The lowest BCUT2D eigenvalue weighted by molar-refractivity contribution is -0.119. The second-order valence-electron chi connectivity index (χ2n) is 6.96. The first-order valence-electron chi connectivity index (χ1n) is 9.43. The Hall–Kier alpha value is -2.60. The molecule has 0 aliphatic carbocycles. The smallest absolute Gasteiger partial charge is 0.266 e. The van der Waals surface area contributed by atoms with Crippen LogP contribution in [0.5, 0.6) is 0 Å². The monoisotopic (exact) mass is 395 g/mol. The molecule has 6 heteroatoms. The Kier molecular flexibility index (Phi) is 6.19. The molecule has 1 aromatic heterocycles. The number of amides is 1. The molecular formula is C22H25N3O2S. The van der Waals surface area contributed by atoms with Crippen LogP contribution in [0.2, 0.25) is 0 Å². The van der Waals surface area contributed by atoms with Crippen LogP contribution < -0.4 is 10.9 Å². The van der Waals surface area contributed by atoms with Crippen LogP contribution in [0.25, 0.3) is 16.6 Å². The van der Waals surface area contributed by atoms with Gasteiger partial charge in [-0.15, -0.1) is 0 Å². The predicted octanol–water partition coefficient (Wildman–Crippen LogP) is 4.01. The zero-order chi connectivity index (χ0) is 20.3. The number of para-hydroxylation sites is 2. The highest BCUT2D eigenvalue weighted by atomic mass is 32.2. The summed E-state index contributed by atoms with van der Waals surface area (Å²) in [5.74, 6) is 0.148. The molecule has 0 unspecified atom stereocenters. The van der Waals surface area contributed by atoms with Gasteiger partial charge in [0.05, 0.1) is 22.3 Å². The van der Waals surface area contributed by atoms with E-state index in [1.54, 1.807) is 10.6 Å². The first-order valence-corrected chi connectivity index (χ1v) is 10.4. The average molecular weight is 396 g/mol. The quantitative estimate of drug-likeness (QED) is 0.506. The molecule has 0 saturated heterocycles. The number of fused-ring (bicyclic) bond motifs is 1. The molecule has 146 valence electrons. The van der Waals surface area contributed by atoms with E-state index >= 15 is 0 Å². The Bertz CT molecular complexity index is 1050. The van der Waals surface area contributed by atoms with Gasteiger partial charge in [-0.2, -0.15) is 0 Å². The van der Waals surface area contributed by atoms with Gasteiger partial charge in [0.1, 0.15) is 0 Å². The van der Waals surface area contributed by atoms with Crippen LogP contribution in [-0.4, -0.2) is 27.3 Å². The van der Waals surface area contributed by atoms with Gasteiger partial charge in [-0.1, -0.05) is 49.0 Å². The molecule has 0 bridgehead atoms. The van der Waals surface area contributed by atoms with Gasteiger partial charge >= 0.3 is 0 Å². The van der Waals surface area contributed by atoms with Gasteiger partial charge in [0.2, 0.25) is 5.91 Å². The topological polar surface area (TPSA) is 64.0 Å². The van der Waals surface area contributed by atoms with E-state index in [1.807, 2.05) is 64.1 Å². The van der Waals surface area contributed by atoms with Crippen molar-refractivity contribution >= 4 is 28.6 Å². The third-order valence-electron chi connectivity index (χ3n) is 4.76. The van der Waals surface area contributed by atoms with Gasteiger partial charge in [-0.05, 0) is 50.5 Å². The number of rotatable bonds is 6. The number of carbonyl (C=O) groups is 1. The van der Waals surface area contributed by atoms with Gasteiger partial charge in [-0.25, -0.2) is 4.98 Å². The number of hydrogen-bond acceptors (Lipinski definition) is 4. The van der Waals surface area contributed by atoms with Crippen molar-refractivity contribution in [3.8, 4) is 5.69 Å². The predicted molar refractivity (Wildman–Crippen MR) is 115 cm³/mol. The van der Waals surface area contributed by atoms with E-state index in [9.17, 15) is 9.59 Å². The number of aryl methyl sites for hydroxylation is 2. The summed E-state index contributed by atoms with van der Waals surface area (Å²) >= 11 is 1.29. The molecule has 3 aromatic rings. The Morgan fingerprint density at radius 1 is 1.14 bits per heavy atom. The molecule has 0 aliphatic heterocycles. The van der Waals surface area contributed by atoms with E-state index in [0.29, 0.717) is 16.1 Å². The SMILES string of the molecule is CC[C@H](C)NC(=O)CSc1nc2ccccc2c(=O)n1-c1c(C)cccc1C. The standard InChI is InChI=1S/C22H25N3O2S/c1-5-16(4)23-19(26)13-28-22-24-18-12-7-6-11-17(18)21(27)25(22)20-14(2)9-8-10-15(20)3/h6-12,16H,5,13H2,1-4H3,(H,23,26)/t16-/m0/s1. The maximum Gasteiger partial charge on any atom is 0.266 e. The van der Waals surface area contributed by atoms with Crippen molar-refractivity contribution in [1.82, 2.24) is 14.9 Å². The lowest BCUT2D eigenvalue weighted by atomic mass is 10.1. The highest BCUT2D eigenvalue weighted by Gasteiger charge is 2.17. The van der Waals surface area contributed by atoms with Crippen molar-refractivity contribution in [2.45, 2.75) is 45.3 Å². The molecule has 0 aliphatic rings. The number of nitrogens with one attached hydrogen (secondary N) is 1. The summed E-state index contributed by atoms with van der Waals surface area (Å²) in [4.78, 5) is 30.3. The van der Waals surface area contributed by atoms with Gasteiger partial charge in [0.25, 0.3) is 5.56 Å². The Labute approximate surface area is 169 Å². The fraction of sp³-hybridized carbons (Fsp3) is 0.318. The first-order chi connectivity index (χ1) is 13.4. The second kappa shape index (κ2) is 8.61. The van der Waals surface area contributed by atoms with Crippen LogP contribution in [0.15, 0.2) is 52.4 Å². The molecule has 1 heterocycles. The van der Waals surface area contributed by atoms with Crippen molar-refractivity contribution in [1.29, 1.82) is 0 Å². The molecule has 3 rings (SSSR count). The number of nitrogens with zero attached hydrogens (tertiary/aromatic N) is 2. The fourth-order valence-electron chi connectivity index (χ4n) is 3.11. The van der Waals surface area contributed by atoms with Gasteiger partial charge in [0.15, 0.2) is 5.16 Å². The van der Waals surface area contributed by atoms with Crippen LogP contribution in [0.4, 0.5) is 0 Å². The summed E-state index contributed by atoms with van der Waals surface area (Å²) in [6.07, 6.45) is 0.873. The molecule has 5 nitrogen and oxygen atoms in total. The minimum absolute atomic E-state index is 0.0604. The van der Waals surface area contributed by atoms with E-state index in [2.05, 4.69) is 5.32 Å². The van der Waals surface area contributed by atoms with Gasteiger partial charge < -0.3 is 5.32 Å². The molecule has 0 radical (unpaired) electrons. The minimum atomic E-state index is -0.118. The van der Waals surface area contributed by atoms with Crippen molar-refractivity contribution in [3.05, 3.63) is 63.9 Å². The fourth-order valence-corrected chi connectivity index (χ4v) is 3.92. The second-order valence-corrected chi connectivity index (χ2v) is 7.90. The van der Waals surface area contributed by atoms with Crippen LogP contribution in [0.3, 0.4) is 0 Å². The Morgan fingerprint density at radius 2 is 1.82 bits per heavy atom. The lowest BCUT2D eigenvalue weighted by Crippen LogP contribution is -2.33. The van der Waals surface area contributed by atoms with E-state index in [1.165, 1.54) is 11.8 Å². The number of benzene rings is 2. The molecule has 0 spiro atoms. The first kappa shape index (κ1) is 20.1. The van der Waals surface area contributed by atoms with E-state index in [4.69, 9.17) is 4.98 Å². The highest BCUT2D eigenvalue weighted by Crippen LogP contribution is 2.25. The van der Waals surface area contributed by atoms with Crippen molar-refractivity contribution in [2.24, 2.45) is 0 Å². The lowest BCUT2D eigenvalue weighted by Gasteiger charge is -2.17. The third kappa shape index (κ3) is 4.12. The van der Waals surface area contributed by atoms with Gasteiger partial charge in [0, 0.05) is 6.04 Å². The van der Waals surface area contributed by atoms with E-state index < -0.39 is 0 Å². The zero-order valence-corrected chi connectivity index (χ0v) is 17.5. The summed E-state index contributed by atoms with van der Waals surface area (Å²) in [7, 11) is 0. The van der Waals surface area contributed by atoms with Crippen molar-refractivity contribution < 1.29 is 4.79 Å².